The first kappa shape index (κ1) is 17.3. The smallest absolute Gasteiger partial charge is 0.262 e. The van der Waals surface area contributed by atoms with Crippen LogP contribution in [0.25, 0.3) is 0 Å². The zero-order valence-corrected chi connectivity index (χ0v) is 13.3. The molecule has 1 aromatic carbocycles. The van der Waals surface area contributed by atoms with Gasteiger partial charge in [-0.1, -0.05) is 0 Å². The highest BCUT2D eigenvalue weighted by atomic mass is 19.3. The van der Waals surface area contributed by atoms with Crippen LogP contribution >= 0.6 is 0 Å². The van der Waals surface area contributed by atoms with E-state index in [1.165, 1.54) is 6.07 Å². The maximum atomic E-state index is 13.0. The van der Waals surface area contributed by atoms with Crippen molar-refractivity contribution in [2.45, 2.75) is 12.8 Å². The molecule has 0 aliphatic carbocycles. The van der Waals surface area contributed by atoms with Crippen molar-refractivity contribution in [3.63, 3.8) is 0 Å². The molecule has 1 aromatic rings. The predicted molar refractivity (Wildman–Crippen MR) is 86.4 cm³/mol. The summed E-state index contributed by atoms with van der Waals surface area (Å²) >= 11 is 0. The molecule has 0 bridgehead atoms. The van der Waals surface area contributed by atoms with Gasteiger partial charge in [0.15, 0.2) is 0 Å². The first-order chi connectivity index (χ1) is 10.8. The summed E-state index contributed by atoms with van der Waals surface area (Å²) in [6.45, 7) is 2.38. The first-order valence-corrected chi connectivity index (χ1v) is 7.42. The number of benzene rings is 1. The van der Waals surface area contributed by atoms with Crippen LogP contribution in [0.4, 0.5) is 25.8 Å². The van der Waals surface area contributed by atoms with E-state index >= 15 is 0 Å². The van der Waals surface area contributed by atoms with Crippen molar-refractivity contribution in [2.75, 3.05) is 55.8 Å². The number of carbonyl (C=O) groups is 1. The Balaban J connectivity index is 2.31. The Bertz CT molecular complexity index is 569. The molecule has 0 aromatic heterocycles. The minimum absolute atomic E-state index is 0.285. The summed E-state index contributed by atoms with van der Waals surface area (Å²) in [7, 11) is 1.73. The Morgan fingerprint density at radius 3 is 2.61 bits per heavy atom. The van der Waals surface area contributed by atoms with E-state index in [1.54, 1.807) is 13.1 Å². The number of nitrogens with zero attached hydrogens (tertiary/aromatic N) is 1. The van der Waals surface area contributed by atoms with Gasteiger partial charge in [0, 0.05) is 27.1 Å². The van der Waals surface area contributed by atoms with Crippen LogP contribution in [0.2, 0.25) is 0 Å². The van der Waals surface area contributed by atoms with Crippen molar-refractivity contribution in [3.05, 3.63) is 17.7 Å². The van der Waals surface area contributed by atoms with Gasteiger partial charge in [-0.25, -0.2) is 8.78 Å². The second-order valence-electron chi connectivity index (χ2n) is 5.56. The van der Waals surface area contributed by atoms with Gasteiger partial charge in [0.1, 0.15) is 0 Å². The number of amides is 1. The molecule has 4 N–H and O–H groups in total. The Morgan fingerprint density at radius 1 is 1.39 bits per heavy atom. The van der Waals surface area contributed by atoms with E-state index in [1.807, 2.05) is 4.90 Å². The molecule has 128 valence electrons. The van der Waals surface area contributed by atoms with Crippen molar-refractivity contribution >= 4 is 23.0 Å². The molecule has 0 spiro atoms. The van der Waals surface area contributed by atoms with Gasteiger partial charge >= 0.3 is 0 Å². The number of anilines is 3. The van der Waals surface area contributed by atoms with Crippen LogP contribution in [-0.4, -0.2) is 51.7 Å². The minimum Gasteiger partial charge on any atom is -0.397 e. The summed E-state index contributed by atoms with van der Waals surface area (Å²) in [4.78, 5) is 14.3. The molecule has 23 heavy (non-hydrogen) atoms. The fraction of sp³-hybridized carbons (Fsp3) is 0.533. The SMILES string of the molecule is CNc1cc(N2CCOCC2)c(C(=O)NCC(C)(F)F)cc1N. The molecular formula is C15H22F2N4O2. The molecule has 0 radical (unpaired) electrons. The number of halogens is 2. The van der Waals surface area contributed by atoms with Crippen LogP contribution in [0.3, 0.4) is 0 Å². The Hall–Kier alpha value is -2.09. The van der Waals surface area contributed by atoms with Gasteiger partial charge < -0.3 is 26.0 Å². The van der Waals surface area contributed by atoms with Crippen LogP contribution in [-0.2, 0) is 4.74 Å². The number of hydrogen-bond donors (Lipinski definition) is 3. The van der Waals surface area contributed by atoms with Crippen molar-refractivity contribution in [1.82, 2.24) is 5.32 Å². The fourth-order valence-corrected chi connectivity index (χ4v) is 2.40. The monoisotopic (exact) mass is 328 g/mol. The molecule has 0 unspecified atom stereocenters. The lowest BCUT2D eigenvalue weighted by Crippen LogP contribution is -2.39. The number of nitrogen functional groups attached to an aromatic ring is 1. The molecule has 1 saturated heterocycles. The third kappa shape index (κ3) is 4.44. The maximum Gasteiger partial charge on any atom is 0.262 e. The largest absolute Gasteiger partial charge is 0.397 e. The molecular weight excluding hydrogens is 306 g/mol. The van der Waals surface area contributed by atoms with Crippen LogP contribution in [0.5, 0.6) is 0 Å². The van der Waals surface area contributed by atoms with Crippen LogP contribution in [0.15, 0.2) is 12.1 Å². The average Bonchev–Trinajstić information content (AvgIpc) is 2.52. The molecule has 1 aliphatic heterocycles. The number of hydrogen-bond acceptors (Lipinski definition) is 5. The normalized spacial score (nSPS) is 15.4. The number of alkyl halides is 2. The van der Waals surface area contributed by atoms with E-state index < -0.39 is 18.4 Å². The Morgan fingerprint density at radius 2 is 2.04 bits per heavy atom. The highest BCUT2D eigenvalue weighted by Gasteiger charge is 2.25. The molecule has 2 rings (SSSR count). The second-order valence-corrected chi connectivity index (χ2v) is 5.56. The van der Waals surface area contributed by atoms with Gasteiger partial charge in [-0.2, -0.15) is 0 Å². The number of morpholine rings is 1. The van der Waals surface area contributed by atoms with Crippen LogP contribution in [0, 0.1) is 0 Å². The molecule has 0 saturated carbocycles. The van der Waals surface area contributed by atoms with Crippen molar-refractivity contribution in [2.24, 2.45) is 0 Å². The Kier molecular flexibility index (Phi) is 5.25. The lowest BCUT2D eigenvalue weighted by Gasteiger charge is -2.31. The molecule has 8 heteroatoms. The highest BCUT2D eigenvalue weighted by molar-refractivity contribution is 6.02. The number of carbonyl (C=O) groups excluding carboxylic acids is 1. The van der Waals surface area contributed by atoms with Gasteiger partial charge in [0.25, 0.3) is 11.8 Å². The first-order valence-electron chi connectivity index (χ1n) is 7.42. The summed E-state index contributed by atoms with van der Waals surface area (Å²) in [6, 6.07) is 3.28. The van der Waals surface area contributed by atoms with E-state index in [9.17, 15) is 13.6 Å². The molecule has 6 nitrogen and oxygen atoms in total. The van der Waals surface area contributed by atoms with E-state index in [4.69, 9.17) is 10.5 Å². The predicted octanol–water partition coefficient (Wildman–Crippen LogP) is 1.53. The number of rotatable bonds is 5. The van der Waals surface area contributed by atoms with Gasteiger partial charge in [-0.3, -0.25) is 4.79 Å². The van der Waals surface area contributed by atoms with Gasteiger partial charge in [-0.05, 0) is 12.1 Å². The molecule has 0 atom stereocenters. The molecule has 1 amide bonds. The summed E-state index contributed by atoms with van der Waals surface area (Å²) in [5.41, 5.74) is 7.93. The van der Waals surface area contributed by atoms with Gasteiger partial charge in [-0.15, -0.1) is 0 Å². The third-order valence-electron chi connectivity index (χ3n) is 3.59. The number of nitrogens with two attached hydrogens (primary N) is 1. The van der Waals surface area contributed by atoms with E-state index in [2.05, 4.69) is 10.6 Å². The summed E-state index contributed by atoms with van der Waals surface area (Å²) in [5.74, 6) is -3.53. The quantitative estimate of drug-likeness (QED) is 0.715. The van der Waals surface area contributed by atoms with Crippen molar-refractivity contribution < 1.29 is 18.3 Å². The fourth-order valence-electron chi connectivity index (χ4n) is 2.40. The lowest BCUT2D eigenvalue weighted by atomic mass is 10.1. The van der Waals surface area contributed by atoms with E-state index in [0.717, 1.165) is 6.92 Å². The lowest BCUT2D eigenvalue weighted by molar-refractivity contribution is 0.0221. The Labute approximate surface area is 134 Å². The standard InChI is InChI=1S/C15H22F2N4O2/c1-15(16,17)9-20-14(22)10-7-11(18)12(19-2)8-13(10)21-3-5-23-6-4-21/h7-8,19H,3-6,9,18H2,1-2H3,(H,20,22). The molecule has 1 fully saturated rings. The van der Waals surface area contributed by atoms with E-state index in [-0.39, 0.29) is 5.56 Å². The molecule has 1 heterocycles. The van der Waals surface area contributed by atoms with Crippen LogP contribution in [0.1, 0.15) is 17.3 Å². The van der Waals surface area contributed by atoms with Crippen molar-refractivity contribution in [3.8, 4) is 0 Å². The topological polar surface area (TPSA) is 79.6 Å². The number of ether oxygens (including phenoxy) is 1. The van der Waals surface area contributed by atoms with Crippen LogP contribution < -0.4 is 21.3 Å². The van der Waals surface area contributed by atoms with Crippen molar-refractivity contribution in [1.29, 1.82) is 0 Å². The maximum absolute atomic E-state index is 13.0. The minimum atomic E-state index is -2.97. The van der Waals surface area contributed by atoms with Gasteiger partial charge in [0.05, 0.1) is 42.4 Å². The molecule has 1 aliphatic rings. The summed E-state index contributed by atoms with van der Waals surface area (Å²) in [5, 5.41) is 5.22. The third-order valence-corrected chi connectivity index (χ3v) is 3.59. The average molecular weight is 328 g/mol. The summed E-state index contributed by atoms with van der Waals surface area (Å²) in [6.07, 6.45) is 0. The van der Waals surface area contributed by atoms with Gasteiger partial charge in [0.2, 0.25) is 0 Å². The second kappa shape index (κ2) is 6.99. The zero-order valence-electron chi connectivity index (χ0n) is 13.3. The zero-order chi connectivity index (χ0) is 17.0. The summed E-state index contributed by atoms with van der Waals surface area (Å²) < 4.78 is 31.3. The van der Waals surface area contributed by atoms with E-state index in [0.29, 0.717) is 43.4 Å². The number of nitrogens with one attached hydrogen (secondary N) is 2. The highest BCUT2D eigenvalue weighted by Crippen LogP contribution is 2.30.